The summed E-state index contributed by atoms with van der Waals surface area (Å²) >= 11 is 0. The lowest BCUT2D eigenvalue weighted by molar-refractivity contribution is -0.123. The zero-order chi connectivity index (χ0) is 34.3. The van der Waals surface area contributed by atoms with Crippen molar-refractivity contribution in [3.63, 3.8) is 0 Å². The monoisotopic (exact) mass is 554 g/mol. The number of imidazole rings is 1. The molecule has 0 bridgehead atoms. The minimum atomic E-state index is -2.83. The van der Waals surface area contributed by atoms with Crippen LogP contribution in [0.25, 0.3) is 22.1 Å². The van der Waals surface area contributed by atoms with Gasteiger partial charge < -0.3 is 21.1 Å². The zero-order valence-electron chi connectivity index (χ0n) is 28.9. The second-order valence-electron chi connectivity index (χ2n) is 10.2. The van der Waals surface area contributed by atoms with Gasteiger partial charge in [0, 0.05) is 38.7 Å². The van der Waals surface area contributed by atoms with Crippen molar-refractivity contribution in [2.75, 3.05) is 12.4 Å². The van der Waals surface area contributed by atoms with Crippen molar-refractivity contribution < 1.29 is 23.9 Å². The Morgan fingerprint density at radius 2 is 2.15 bits per heavy atom. The number of carbonyl (C=O) groups is 2. The van der Waals surface area contributed by atoms with Gasteiger partial charge in [-0.1, -0.05) is 13.3 Å². The summed E-state index contributed by atoms with van der Waals surface area (Å²) < 4.78 is 64.6. The van der Waals surface area contributed by atoms with Crippen LogP contribution in [0.15, 0.2) is 29.2 Å². The fraction of sp³-hybridized carbons (Fsp3) is 0.481. The Labute approximate surface area is 239 Å². The van der Waals surface area contributed by atoms with Gasteiger partial charge >= 0.3 is 11.8 Å². The first-order valence-corrected chi connectivity index (χ1v) is 12.9. The number of fused-ring (bicyclic) bond motifs is 2. The van der Waals surface area contributed by atoms with E-state index in [4.69, 9.17) is 15.3 Å². The topological polar surface area (TPSA) is 164 Å². The Bertz CT molecular complexity index is 1980. The van der Waals surface area contributed by atoms with Gasteiger partial charge in [0.25, 0.3) is 0 Å². The van der Waals surface area contributed by atoms with E-state index < -0.39 is 49.1 Å². The predicted molar refractivity (Wildman–Crippen MR) is 148 cm³/mol. The molecule has 0 aliphatic heterocycles. The minimum absolute atomic E-state index is 0.0155. The van der Waals surface area contributed by atoms with E-state index in [9.17, 15) is 14.4 Å². The molecule has 2 amide bonds. The van der Waals surface area contributed by atoms with Crippen LogP contribution in [0.1, 0.15) is 60.4 Å². The maximum atomic E-state index is 13.6. The van der Waals surface area contributed by atoms with Crippen LogP contribution in [-0.2, 0) is 22.0 Å². The van der Waals surface area contributed by atoms with Gasteiger partial charge in [0.1, 0.15) is 17.2 Å². The number of anilines is 2. The summed E-state index contributed by atoms with van der Waals surface area (Å²) in [6.07, 6.45) is 1.96. The number of pyridine rings is 2. The molecule has 0 spiro atoms. The molecule has 2 aliphatic carbocycles. The third-order valence-electron chi connectivity index (χ3n) is 8.01. The molecule has 4 atom stereocenters. The van der Waals surface area contributed by atoms with E-state index in [1.165, 1.54) is 40.8 Å². The molecule has 0 saturated heterocycles. The fourth-order valence-electron chi connectivity index (χ4n) is 5.84. The molecule has 210 valence electrons. The van der Waals surface area contributed by atoms with Crippen molar-refractivity contribution in [3.8, 4) is 0 Å². The second kappa shape index (κ2) is 9.35. The van der Waals surface area contributed by atoms with Gasteiger partial charge in [0.15, 0.2) is 5.65 Å². The highest BCUT2D eigenvalue weighted by atomic mass is 16.5. The van der Waals surface area contributed by atoms with E-state index in [-0.39, 0.29) is 58.2 Å². The van der Waals surface area contributed by atoms with Crippen LogP contribution in [-0.4, -0.2) is 54.0 Å². The number of ether oxygens (including phenoxy) is 1. The lowest BCUT2D eigenvalue weighted by Gasteiger charge is -2.15. The second-order valence-corrected chi connectivity index (χ2v) is 10.2. The highest BCUT2D eigenvalue weighted by Gasteiger charge is 2.61. The smallest absolute Gasteiger partial charge is 0.407 e. The van der Waals surface area contributed by atoms with Crippen LogP contribution in [0.4, 0.5) is 16.4 Å². The zero-order valence-corrected chi connectivity index (χ0v) is 21.9. The van der Waals surface area contributed by atoms with Gasteiger partial charge in [-0.15, -0.1) is 0 Å². The number of nitrogens with zero attached hydrogens (tertiary/aromatic N) is 6. The number of methoxy groups -OCH3 is 1. The highest BCUT2D eigenvalue weighted by molar-refractivity contribution is 5.90. The predicted octanol–water partition coefficient (Wildman–Crippen LogP) is 2.59. The molecule has 0 aromatic carbocycles. The van der Waals surface area contributed by atoms with Gasteiger partial charge in [-0.2, -0.15) is 5.10 Å². The first kappa shape index (κ1) is 18.8. The van der Waals surface area contributed by atoms with Crippen LogP contribution in [0, 0.1) is 12.8 Å². The SMILES string of the molecule is [2H]C1(NC(=O)OC)CCC(n2c(=O)n(C([2H])([2H])[2H])c3cnc(Nc4ccc5c(C([2H])([2H])[2H])nn(C6(C(N)=O)CC6CC)c5n4)cc32)C1. The number of aromatic nitrogens is 6. The standard InChI is InChI=1S/C27H33N9O4/c1-5-15-12-27(15,24(28)37)36-23-18(14(2)33-36)8-9-21(32-23)31-22-11-19-20(13-29-22)34(3)26(39)35(19)17-7-6-16(10-17)30-25(38)40-4/h8-9,11,13,15-17H,5-7,10,12H2,1-4H3,(H2,28,37)(H,30,38)(H,29,31,32)/i2D3,3D3,16D. The molecule has 4 aromatic rings. The molecular weight excluding hydrogens is 514 g/mol. The average Bonchev–Trinajstić information content (AvgIpc) is 3.23. The van der Waals surface area contributed by atoms with Crippen LogP contribution in [0.3, 0.4) is 0 Å². The molecule has 0 radical (unpaired) electrons. The maximum absolute atomic E-state index is 13.6. The van der Waals surface area contributed by atoms with E-state index >= 15 is 0 Å². The number of hydrogen-bond acceptors (Lipinski definition) is 8. The van der Waals surface area contributed by atoms with Gasteiger partial charge in [0.2, 0.25) is 5.91 Å². The summed E-state index contributed by atoms with van der Waals surface area (Å²) in [4.78, 5) is 47.0. The molecule has 4 aromatic heterocycles. The quantitative estimate of drug-likeness (QED) is 0.314. The summed E-state index contributed by atoms with van der Waals surface area (Å²) in [7, 11) is 1.18. The molecule has 13 heteroatoms. The first-order valence-electron chi connectivity index (χ1n) is 16.4. The summed E-state index contributed by atoms with van der Waals surface area (Å²) in [5, 5.41) is 10.1. The number of primary amides is 1. The molecule has 2 aliphatic rings. The largest absolute Gasteiger partial charge is 0.453 e. The minimum Gasteiger partial charge on any atom is -0.453 e. The Morgan fingerprint density at radius 3 is 2.85 bits per heavy atom. The molecular formula is C27H33N9O4. The summed E-state index contributed by atoms with van der Waals surface area (Å²) in [6.45, 7) is -3.53. The van der Waals surface area contributed by atoms with E-state index in [0.717, 1.165) is 0 Å². The van der Waals surface area contributed by atoms with Gasteiger partial charge in [-0.25, -0.2) is 24.2 Å². The normalized spacial score (nSPS) is 29.0. The molecule has 4 unspecified atom stereocenters. The molecule has 40 heavy (non-hydrogen) atoms. The number of alkyl carbamates (subject to hydrolysis) is 1. The van der Waals surface area contributed by atoms with Crippen molar-refractivity contribution in [1.82, 2.24) is 34.2 Å². The van der Waals surface area contributed by atoms with Crippen LogP contribution < -0.4 is 22.1 Å². The summed E-state index contributed by atoms with van der Waals surface area (Å²) in [6, 6.07) is 2.45. The average molecular weight is 555 g/mol. The molecule has 4 N–H and O–H groups in total. The molecule has 4 heterocycles. The van der Waals surface area contributed by atoms with Gasteiger partial charge in [0.05, 0.1) is 31.4 Å². The Hall–Kier alpha value is -4.42. The number of nitrogens with two attached hydrogens (primary N) is 1. The Balaban J connectivity index is 1.43. The van der Waals surface area contributed by atoms with Crippen molar-refractivity contribution in [2.45, 2.75) is 63.5 Å². The van der Waals surface area contributed by atoms with Gasteiger partial charge in [-0.05, 0) is 50.6 Å². The van der Waals surface area contributed by atoms with Crippen LogP contribution in [0.2, 0.25) is 0 Å². The number of nitrogens with one attached hydrogen (secondary N) is 2. The summed E-state index contributed by atoms with van der Waals surface area (Å²) in [5.41, 5.74) is 3.96. The third-order valence-corrected chi connectivity index (χ3v) is 8.01. The Kier molecular flexibility index (Phi) is 4.39. The third kappa shape index (κ3) is 3.90. The van der Waals surface area contributed by atoms with E-state index in [2.05, 4.69) is 30.4 Å². The van der Waals surface area contributed by atoms with Crippen molar-refractivity contribution in [3.05, 3.63) is 40.6 Å². The number of amides is 2. The number of hydrogen-bond donors (Lipinski definition) is 3. The molecule has 2 saturated carbocycles. The first-order chi connectivity index (χ1) is 21.9. The van der Waals surface area contributed by atoms with E-state index in [1.807, 2.05) is 6.92 Å². The fourth-order valence-corrected chi connectivity index (χ4v) is 5.84. The molecule has 6 rings (SSSR count). The number of aryl methyl sites for hydroxylation is 2. The van der Waals surface area contributed by atoms with Crippen molar-refractivity contribution in [1.29, 1.82) is 0 Å². The lowest BCUT2D eigenvalue weighted by Crippen LogP contribution is -2.37. The summed E-state index contributed by atoms with van der Waals surface area (Å²) in [5.74, 6) is -0.406. The van der Waals surface area contributed by atoms with Crippen LogP contribution >= 0.6 is 0 Å². The lowest BCUT2D eigenvalue weighted by atomic mass is 10.1. The van der Waals surface area contributed by atoms with Crippen molar-refractivity contribution in [2.24, 2.45) is 18.6 Å². The van der Waals surface area contributed by atoms with E-state index in [1.54, 1.807) is 0 Å². The van der Waals surface area contributed by atoms with Gasteiger partial charge in [-0.3, -0.25) is 13.9 Å². The highest BCUT2D eigenvalue weighted by Crippen LogP contribution is 2.53. The number of rotatable bonds is 7. The Morgan fingerprint density at radius 1 is 1.30 bits per heavy atom. The van der Waals surface area contributed by atoms with E-state index in [0.29, 0.717) is 23.8 Å². The molecule has 13 nitrogen and oxygen atoms in total. The molecule has 2 fully saturated rings. The van der Waals surface area contributed by atoms with Crippen LogP contribution in [0.5, 0.6) is 0 Å². The number of carbonyl (C=O) groups excluding carboxylic acids is 2. The van der Waals surface area contributed by atoms with Crippen molar-refractivity contribution >= 4 is 45.7 Å². The maximum Gasteiger partial charge on any atom is 0.407 e.